The Morgan fingerprint density at radius 2 is 2.24 bits per heavy atom. The zero-order chi connectivity index (χ0) is 15.5. The minimum Gasteiger partial charge on any atom is -0.389 e. The summed E-state index contributed by atoms with van der Waals surface area (Å²) >= 11 is 6.09. The van der Waals surface area contributed by atoms with E-state index in [9.17, 15) is 9.90 Å². The summed E-state index contributed by atoms with van der Waals surface area (Å²) in [5.41, 5.74) is -0.235. The number of methoxy groups -OCH3 is 1. The molecule has 116 valence electrons. The highest BCUT2D eigenvalue weighted by Gasteiger charge is 2.40. The van der Waals surface area contributed by atoms with E-state index in [1.165, 1.54) is 0 Å². The van der Waals surface area contributed by atoms with Crippen molar-refractivity contribution in [3.05, 3.63) is 34.9 Å². The molecule has 2 atom stereocenters. The van der Waals surface area contributed by atoms with Crippen LogP contribution in [-0.4, -0.2) is 48.3 Å². The number of carbonyl (C=O) groups excluding carboxylic acids is 1. The van der Waals surface area contributed by atoms with Gasteiger partial charge < -0.3 is 14.7 Å². The number of ether oxygens (including phenoxy) is 1. The average molecular weight is 312 g/mol. The largest absolute Gasteiger partial charge is 0.389 e. The van der Waals surface area contributed by atoms with Crippen LogP contribution in [0.4, 0.5) is 0 Å². The van der Waals surface area contributed by atoms with Gasteiger partial charge in [-0.1, -0.05) is 30.7 Å². The molecule has 0 saturated carbocycles. The number of halogens is 1. The molecule has 1 aliphatic rings. The fourth-order valence-electron chi connectivity index (χ4n) is 2.81. The fourth-order valence-corrected chi connectivity index (χ4v) is 3.02. The van der Waals surface area contributed by atoms with Crippen LogP contribution in [0.15, 0.2) is 24.3 Å². The second-order valence-electron chi connectivity index (χ2n) is 5.73. The Morgan fingerprint density at radius 3 is 2.86 bits per heavy atom. The zero-order valence-corrected chi connectivity index (χ0v) is 13.3. The number of hydrogen-bond acceptors (Lipinski definition) is 3. The molecule has 1 fully saturated rings. The normalized spacial score (nSPS) is 25.9. The Hall–Kier alpha value is -1.10. The van der Waals surface area contributed by atoms with Gasteiger partial charge in [0.15, 0.2) is 0 Å². The molecule has 1 aliphatic heterocycles. The van der Waals surface area contributed by atoms with Gasteiger partial charge in [0, 0.05) is 32.7 Å². The van der Waals surface area contributed by atoms with Gasteiger partial charge in [-0.25, -0.2) is 0 Å². The first-order valence-corrected chi connectivity index (χ1v) is 7.61. The maximum atomic E-state index is 12.5. The molecule has 0 spiro atoms. The smallest absolute Gasteiger partial charge is 0.255 e. The Morgan fingerprint density at radius 1 is 1.52 bits per heavy atom. The molecule has 1 saturated heterocycles. The summed E-state index contributed by atoms with van der Waals surface area (Å²) in [5, 5.41) is 11.1. The second-order valence-corrected chi connectivity index (χ2v) is 6.14. The Balaban J connectivity index is 2.05. The second kappa shape index (κ2) is 6.77. The van der Waals surface area contributed by atoms with Crippen LogP contribution in [0.5, 0.6) is 0 Å². The monoisotopic (exact) mass is 311 g/mol. The summed E-state index contributed by atoms with van der Waals surface area (Å²) in [5.74, 6) is -0.0610. The summed E-state index contributed by atoms with van der Waals surface area (Å²) in [4.78, 5) is 14.3. The molecule has 0 radical (unpaired) electrons. The molecule has 21 heavy (non-hydrogen) atoms. The van der Waals surface area contributed by atoms with Gasteiger partial charge in [-0.15, -0.1) is 0 Å². The van der Waals surface area contributed by atoms with Gasteiger partial charge in [0.1, 0.15) is 0 Å². The Kier molecular flexibility index (Phi) is 5.25. The number of hydrogen-bond donors (Lipinski definition) is 1. The van der Waals surface area contributed by atoms with Crippen LogP contribution < -0.4 is 0 Å². The van der Waals surface area contributed by atoms with Crippen molar-refractivity contribution in [3.8, 4) is 0 Å². The number of carbonyl (C=O) groups is 1. The molecule has 1 amide bonds. The van der Waals surface area contributed by atoms with Crippen LogP contribution in [0.3, 0.4) is 0 Å². The molecule has 1 aromatic carbocycles. The first-order chi connectivity index (χ1) is 9.98. The third-order valence-corrected chi connectivity index (χ3v) is 4.69. The number of nitrogens with zero attached hydrogens (tertiary/aromatic N) is 1. The van der Waals surface area contributed by atoms with Crippen molar-refractivity contribution >= 4 is 17.5 Å². The van der Waals surface area contributed by atoms with Crippen LogP contribution in [0.25, 0.3) is 0 Å². The van der Waals surface area contributed by atoms with Crippen molar-refractivity contribution in [2.24, 2.45) is 5.92 Å². The summed E-state index contributed by atoms with van der Waals surface area (Å²) in [6.45, 7) is 3.57. The molecule has 0 aliphatic carbocycles. The summed E-state index contributed by atoms with van der Waals surface area (Å²) < 4.78 is 5.06. The average Bonchev–Trinajstić information content (AvgIpc) is 2.48. The quantitative estimate of drug-likeness (QED) is 0.930. The number of likely N-dealkylation sites (tertiary alicyclic amines) is 1. The lowest BCUT2D eigenvalue weighted by atomic mass is 9.79. The Bertz CT molecular complexity index is 508. The summed E-state index contributed by atoms with van der Waals surface area (Å²) in [6.07, 6.45) is 1.16. The van der Waals surface area contributed by atoms with E-state index in [4.69, 9.17) is 16.3 Å². The highest BCUT2D eigenvalue weighted by atomic mass is 35.5. The topological polar surface area (TPSA) is 49.8 Å². The van der Waals surface area contributed by atoms with Gasteiger partial charge in [-0.2, -0.15) is 0 Å². The van der Waals surface area contributed by atoms with E-state index in [0.29, 0.717) is 43.1 Å². The summed E-state index contributed by atoms with van der Waals surface area (Å²) in [7, 11) is 1.63. The van der Waals surface area contributed by atoms with Crippen molar-refractivity contribution in [2.75, 3.05) is 26.8 Å². The minimum atomic E-state index is -0.757. The van der Waals surface area contributed by atoms with E-state index in [-0.39, 0.29) is 11.8 Å². The first-order valence-electron chi connectivity index (χ1n) is 7.23. The highest BCUT2D eigenvalue weighted by Crippen LogP contribution is 2.32. The van der Waals surface area contributed by atoms with Crippen LogP contribution in [-0.2, 0) is 4.74 Å². The van der Waals surface area contributed by atoms with Gasteiger partial charge in [0.2, 0.25) is 0 Å². The lowest BCUT2D eigenvalue weighted by Crippen LogP contribution is -2.52. The lowest BCUT2D eigenvalue weighted by Gasteiger charge is -2.43. The molecular weight excluding hydrogens is 290 g/mol. The predicted octanol–water partition coefficient (Wildman–Crippen LogP) is 2.59. The van der Waals surface area contributed by atoms with E-state index < -0.39 is 5.60 Å². The van der Waals surface area contributed by atoms with E-state index in [1.807, 2.05) is 6.92 Å². The molecule has 0 unspecified atom stereocenters. The molecular formula is C16H22ClNO3. The van der Waals surface area contributed by atoms with E-state index in [0.717, 1.165) is 0 Å². The van der Waals surface area contributed by atoms with Crippen LogP contribution in [0.1, 0.15) is 30.1 Å². The van der Waals surface area contributed by atoms with Crippen molar-refractivity contribution < 1.29 is 14.6 Å². The molecule has 1 N–H and O–H groups in total. The number of benzene rings is 1. The van der Waals surface area contributed by atoms with Crippen molar-refractivity contribution in [2.45, 2.75) is 25.4 Å². The van der Waals surface area contributed by atoms with Gasteiger partial charge >= 0.3 is 0 Å². The SMILES string of the molecule is COCC[C@]1(O)CCN(C(=O)c2ccccc2Cl)C[C@H]1C. The van der Waals surface area contributed by atoms with Gasteiger partial charge in [-0.3, -0.25) is 4.79 Å². The molecule has 0 bridgehead atoms. The molecule has 1 heterocycles. The van der Waals surface area contributed by atoms with Crippen molar-refractivity contribution in [1.29, 1.82) is 0 Å². The summed E-state index contributed by atoms with van der Waals surface area (Å²) in [6, 6.07) is 7.07. The standard InChI is InChI=1S/C16H22ClNO3/c1-12-11-18(9-7-16(12,20)8-10-21-2)15(19)13-5-3-4-6-14(13)17/h3-6,12,20H,7-11H2,1-2H3/t12-,16-/m1/s1. The number of amides is 1. The minimum absolute atomic E-state index is 0.00726. The highest BCUT2D eigenvalue weighted by molar-refractivity contribution is 6.33. The fraction of sp³-hybridized carbons (Fsp3) is 0.562. The Labute approximate surface area is 130 Å². The lowest BCUT2D eigenvalue weighted by molar-refractivity contribution is -0.0750. The van der Waals surface area contributed by atoms with E-state index in [1.54, 1.807) is 36.3 Å². The third-order valence-electron chi connectivity index (χ3n) is 4.36. The van der Waals surface area contributed by atoms with Crippen LogP contribution in [0, 0.1) is 5.92 Å². The number of piperidine rings is 1. The third kappa shape index (κ3) is 3.57. The maximum Gasteiger partial charge on any atom is 0.255 e. The zero-order valence-electron chi connectivity index (χ0n) is 12.5. The van der Waals surface area contributed by atoms with Crippen molar-refractivity contribution in [1.82, 2.24) is 4.90 Å². The van der Waals surface area contributed by atoms with Gasteiger partial charge in [0.05, 0.1) is 16.2 Å². The molecule has 4 nitrogen and oxygen atoms in total. The molecule has 0 aromatic heterocycles. The molecule has 2 rings (SSSR count). The number of rotatable bonds is 4. The first kappa shape index (κ1) is 16.3. The van der Waals surface area contributed by atoms with Crippen LogP contribution >= 0.6 is 11.6 Å². The number of aliphatic hydroxyl groups is 1. The van der Waals surface area contributed by atoms with Gasteiger partial charge in [-0.05, 0) is 25.0 Å². The predicted molar refractivity (Wildman–Crippen MR) is 82.6 cm³/mol. The molecule has 1 aromatic rings. The van der Waals surface area contributed by atoms with E-state index in [2.05, 4.69) is 0 Å². The maximum absolute atomic E-state index is 12.5. The molecule has 5 heteroatoms. The van der Waals surface area contributed by atoms with E-state index >= 15 is 0 Å². The van der Waals surface area contributed by atoms with Crippen LogP contribution in [0.2, 0.25) is 5.02 Å². The van der Waals surface area contributed by atoms with Crippen molar-refractivity contribution in [3.63, 3.8) is 0 Å². The van der Waals surface area contributed by atoms with Gasteiger partial charge in [0.25, 0.3) is 5.91 Å².